The van der Waals surface area contributed by atoms with Gasteiger partial charge < -0.3 is 29.5 Å². The van der Waals surface area contributed by atoms with Crippen LogP contribution in [0, 0.1) is 52.3 Å². The summed E-state index contributed by atoms with van der Waals surface area (Å²) in [6.07, 6.45) is 30.4. The van der Waals surface area contributed by atoms with Crippen molar-refractivity contribution in [3.05, 3.63) is 48.1 Å². The van der Waals surface area contributed by atoms with E-state index in [-0.39, 0.29) is 24.1 Å². The van der Waals surface area contributed by atoms with Crippen LogP contribution in [0.1, 0.15) is 170 Å². The molecule has 7 nitrogen and oxygen atoms in total. The zero-order valence-electron chi connectivity index (χ0n) is 37.7. The fourth-order valence-corrected chi connectivity index (χ4v) is 12.3. The lowest BCUT2D eigenvalue weighted by Crippen LogP contribution is -2.60. The van der Waals surface area contributed by atoms with E-state index in [4.69, 9.17) is 14.2 Å². The summed E-state index contributed by atoms with van der Waals surface area (Å²) >= 11 is 0. The van der Waals surface area contributed by atoms with Gasteiger partial charge in [0.2, 0.25) is 0 Å². The van der Waals surface area contributed by atoms with Crippen LogP contribution in [0.15, 0.2) is 48.1 Å². The van der Waals surface area contributed by atoms with Gasteiger partial charge in [-0.05, 0) is 142 Å². The second kappa shape index (κ2) is 22.4. The van der Waals surface area contributed by atoms with E-state index in [0.29, 0.717) is 35.5 Å². The van der Waals surface area contributed by atoms with Crippen molar-refractivity contribution < 1.29 is 34.3 Å². The van der Waals surface area contributed by atoms with E-state index >= 15 is 0 Å². The smallest absolute Gasteiger partial charge is 0.305 e. The average molecular weight is 809 g/mol. The minimum atomic E-state index is -1.45. The Bertz CT molecular complexity index is 1380. The number of esters is 1. The Morgan fingerprint density at radius 3 is 2.34 bits per heavy atom. The third-order valence-electron chi connectivity index (χ3n) is 16.0. The lowest BCUT2D eigenvalue weighted by molar-refractivity contribution is -0.313. The Kier molecular flexibility index (Phi) is 18.2. The van der Waals surface area contributed by atoms with Crippen molar-refractivity contribution in [2.75, 3.05) is 6.61 Å². The first-order valence-corrected chi connectivity index (χ1v) is 24.0. The number of carbonyl (C=O) groups is 1. The maximum absolute atomic E-state index is 12.6. The molecule has 1 aliphatic heterocycles. The van der Waals surface area contributed by atoms with Gasteiger partial charge in [-0.2, -0.15) is 0 Å². The molecule has 0 amide bonds. The molecule has 0 bridgehead atoms. The highest BCUT2D eigenvalue weighted by Crippen LogP contribution is 2.67. The van der Waals surface area contributed by atoms with Crippen LogP contribution in [0.4, 0.5) is 0 Å². The summed E-state index contributed by atoms with van der Waals surface area (Å²) in [4.78, 5) is 12.6. The van der Waals surface area contributed by atoms with Crippen molar-refractivity contribution in [1.82, 2.24) is 0 Å². The molecule has 58 heavy (non-hydrogen) atoms. The van der Waals surface area contributed by atoms with Crippen LogP contribution in [-0.2, 0) is 19.0 Å². The molecule has 1 saturated heterocycles. The van der Waals surface area contributed by atoms with E-state index in [0.717, 1.165) is 94.8 Å². The number of carbonyl (C=O) groups excluding carboxylic acids is 1. The zero-order valence-corrected chi connectivity index (χ0v) is 37.7. The van der Waals surface area contributed by atoms with Crippen LogP contribution in [0.5, 0.6) is 0 Å². The third kappa shape index (κ3) is 11.6. The molecular formula is C51H84O7. The second-order valence-electron chi connectivity index (χ2n) is 20.0. The molecule has 0 aromatic rings. The summed E-state index contributed by atoms with van der Waals surface area (Å²) in [5.74, 6) is 4.58. The Balaban J connectivity index is 1.06. The first kappa shape index (κ1) is 47.3. The summed E-state index contributed by atoms with van der Waals surface area (Å²) in [7, 11) is 0. The highest BCUT2D eigenvalue weighted by Gasteiger charge is 2.59. The number of aliphatic hydroxyl groups is 3. The molecule has 7 heteroatoms. The molecule has 14 atom stereocenters. The van der Waals surface area contributed by atoms with Gasteiger partial charge in [-0.3, -0.25) is 4.79 Å². The third-order valence-corrected chi connectivity index (χ3v) is 16.0. The quantitative estimate of drug-likeness (QED) is 0.0602. The molecule has 0 radical (unpaired) electrons. The maximum atomic E-state index is 12.6. The van der Waals surface area contributed by atoms with Crippen LogP contribution in [0.2, 0.25) is 0 Å². The van der Waals surface area contributed by atoms with Crippen molar-refractivity contribution in [2.24, 2.45) is 52.3 Å². The first-order valence-electron chi connectivity index (χ1n) is 24.0. The molecular weight excluding hydrogens is 725 g/mol. The lowest BCUT2D eigenvalue weighted by Gasteiger charge is -2.58. The van der Waals surface area contributed by atoms with E-state index in [2.05, 4.69) is 91.0 Å². The molecule has 330 valence electrons. The van der Waals surface area contributed by atoms with E-state index < -0.39 is 30.7 Å². The van der Waals surface area contributed by atoms with Crippen molar-refractivity contribution in [3.8, 4) is 0 Å². The van der Waals surface area contributed by atoms with Gasteiger partial charge in [0, 0.05) is 6.42 Å². The number of ether oxygens (including phenoxy) is 3. The van der Waals surface area contributed by atoms with E-state index in [1.165, 1.54) is 44.1 Å². The summed E-state index contributed by atoms with van der Waals surface area (Å²) < 4.78 is 18.0. The Hall–Kier alpha value is -1.77. The molecule has 14 unspecified atom stereocenters. The largest absolute Gasteiger partial charge is 0.463 e. The number of aliphatic hydroxyl groups excluding tert-OH is 3. The molecule has 0 aromatic heterocycles. The predicted molar refractivity (Wildman–Crippen MR) is 235 cm³/mol. The molecule has 0 aromatic carbocycles. The molecule has 0 spiro atoms. The number of hydrogen-bond donors (Lipinski definition) is 3. The van der Waals surface area contributed by atoms with Gasteiger partial charge in [0.05, 0.1) is 6.10 Å². The fraction of sp³-hybridized carbons (Fsp3) is 0.824. The number of rotatable bonds is 21. The topological polar surface area (TPSA) is 105 Å². The van der Waals surface area contributed by atoms with E-state index in [1.54, 1.807) is 0 Å². The van der Waals surface area contributed by atoms with Crippen molar-refractivity contribution in [3.63, 3.8) is 0 Å². The minimum Gasteiger partial charge on any atom is -0.463 e. The van der Waals surface area contributed by atoms with Crippen LogP contribution < -0.4 is 0 Å². The number of hydrogen-bond acceptors (Lipinski definition) is 7. The molecule has 1 heterocycles. The zero-order chi connectivity index (χ0) is 41.9. The molecule has 3 saturated carbocycles. The SMILES string of the molecule is CCC/C=C\C/C=C\CCCCCCCC(=O)OCC1OC(OC2CCC3(C)C(=CCC4C3CCC3(C)C(C(C)/C=C/C(CC)C(C)C)CCC43)C2)C(O)C(O)C1O. The standard InChI is InChI=1S/C51H84O7/c1-8-10-11-12-13-14-15-16-17-18-19-20-21-22-45(52)56-34-44-46(53)47(54)48(55)49(58-44)57-39-29-31-50(6)38(33-39)25-26-40-42-28-27-41(51(42,7)32-30-43(40)50)36(5)23-24-37(9-2)35(3)4/h11-12,14-15,23-25,35-37,39-44,46-49,53-55H,8-10,13,16-22,26-34H2,1-7H3/b12-11-,15-14-,24-23+. The highest BCUT2D eigenvalue weighted by molar-refractivity contribution is 5.69. The summed E-state index contributed by atoms with van der Waals surface area (Å²) in [6.45, 7) is 16.6. The summed E-state index contributed by atoms with van der Waals surface area (Å²) in [5.41, 5.74) is 2.04. The van der Waals surface area contributed by atoms with Crippen molar-refractivity contribution >= 4 is 5.97 Å². The highest BCUT2D eigenvalue weighted by atomic mass is 16.7. The van der Waals surface area contributed by atoms with Gasteiger partial charge in [0.15, 0.2) is 6.29 Å². The molecule has 5 aliphatic rings. The average Bonchev–Trinajstić information content (AvgIpc) is 3.56. The van der Waals surface area contributed by atoms with Crippen LogP contribution in [0.3, 0.4) is 0 Å². The minimum absolute atomic E-state index is 0.153. The van der Waals surface area contributed by atoms with Gasteiger partial charge in [-0.1, -0.05) is 122 Å². The van der Waals surface area contributed by atoms with Crippen molar-refractivity contribution in [2.45, 2.75) is 207 Å². The van der Waals surface area contributed by atoms with E-state index in [1.807, 2.05) is 0 Å². The van der Waals surface area contributed by atoms with Crippen LogP contribution in [-0.4, -0.2) is 64.7 Å². The van der Waals surface area contributed by atoms with Gasteiger partial charge in [-0.15, -0.1) is 0 Å². The normalized spacial score (nSPS) is 37.5. The fourth-order valence-electron chi connectivity index (χ4n) is 12.3. The summed E-state index contributed by atoms with van der Waals surface area (Å²) in [5, 5.41) is 32.5. The number of fused-ring (bicyclic) bond motifs is 5. The molecule has 3 N–H and O–H groups in total. The molecule has 4 aliphatic carbocycles. The number of unbranched alkanes of at least 4 members (excludes halogenated alkanes) is 6. The second-order valence-corrected chi connectivity index (χ2v) is 20.0. The van der Waals surface area contributed by atoms with E-state index in [9.17, 15) is 20.1 Å². The van der Waals surface area contributed by atoms with Gasteiger partial charge >= 0.3 is 5.97 Å². The lowest BCUT2D eigenvalue weighted by atomic mass is 9.47. The predicted octanol–water partition coefficient (Wildman–Crippen LogP) is 11.2. The monoisotopic (exact) mass is 809 g/mol. The molecule has 5 rings (SSSR count). The number of allylic oxidation sites excluding steroid dienone is 7. The maximum Gasteiger partial charge on any atom is 0.305 e. The Labute approximate surface area is 353 Å². The van der Waals surface area contributed by atoms with Crippen molar-refractivity contribution in [1.29, 1.82) is 0 Å². The van der Waals surface area contributed by atoms with Gasteiger partial charge in [0.25, 0.3) is 0 Å². The van der Waals surface area contributed by atoms with Crippen LogP contribution >= 0.6 is 0 Å². The first-order chi connectivity index (χ1) is 27.8. The Morgan fingerprint density at radius 2 is 1.60 bits per heavy atom. The van der Waals surface area contributed by atoms with Gasteiger partial charge in [-0.25, -0.2) is 0 Å². The van der Waals surface area contributed by atoms with Crippen LogP contribution in [0.25, 0.3) is 0 Å². The summed E-state index contributed by atoms with van der Waals surface area (Å²) in [6, 6.07) is 0. The Morgan fingerprint density at radius 1 is 0.862 bits per heavy atom. The molecule has 4 fully saturated rings. The van der Waals surface area contributed by atoms with Gasteiger partial charge in [0.1, 0.15) is 31.0 Å².